The maximum Gasteiger partial charge on any atom is 0.305 e. The summed E-state index contributed by atoms with van der Waals surface area (Å²) in [7, 11) is 0. The first-order valence-corrected chi connectivity index (χ1v) is 10.3. The van der Waals surface area contributed by atoms with Gasteiger partial charge in [-0.2, -0.15) is 0 Å². The molecule has 0 aromatic carbocycles. The zero-order valence-corrected chi connectivity index (χ0v) is 17.0. The summed E-state index contributed by atoms with van der Waals surface area (Å²) < 4.78 is 26.8. The van der Waals surface area contributed by atoms with Crippen molar-refractivity contribution in [1.29, 1.82) is 0 Å². The van der Waals surface area contributed by atoms with Crippen molar-refractivity contribution in [2.24, 2.45) is 0 Å². The smallest absolute Gasteiger partial charge is 0.305 e. The lowest BCUT2D eigenvalue weighted by molar-refractivity contribution is -0.144. The normalized spacial score (nSPS) is 11.0. The second-order valence-electron chi connectivity index (χ2n) is 6.19. The summed E-state index contributed by atoms with van der Waals surface area (Å²) in [6.45, 7) is 9.55. The first kappa shape index (κ1) is 25.3. The average molecular weight is 377 g/mol. The molecule has 0 atom stereocenters. The van der Waals surface area contributed by atoms with Gasteiger partial charge in [0.25, 0.3) is 0 Å². The van der Waals surface area contributed by atoms with E-state index < -0.39 is 0 Å². The molecule has 0 saturated heterocycles. The molecule has 0 unspecified atom stereocenters. The molecule has 6 nitrogen and oxygen atoms in total. The zero-order chi connectivity index (χ0) is 19.1. The maximum atomic E-state index is 11.2. The molecule has 0 N–H and O–H groups in total. The Morgan fingerprint density at radius 1 is 0.538 bits per heavy atom. The van der Waals surface area contributed by atoms with Crippen LogP contribution in [0.15, 0.2) is 0 Å². The number of carbonyl (C=O) groups excluding carboxylic acids is 1. The van der Waals surface area contributed by atoms with Crippen LogP contribution in [0.2, 0.25) is 0 Å². The molecular weight excluding hydrogens is 336 g/mol. The van der Waals surface area contributed by atoms with Crippen molar-refractivity contribution >= 4 is 5.97 Å². The van der Waals surface area contributed by atoms with E-state index in [0.29, 0.717) is 65.7 Å². The van der Waals surface area contributed by atoms with Crippen LogP contribution in [-0.4, -0.2) is 65.4 Å². The van der Waals surface area contributed by atoms with Crippen molar-refractivity contribution < 1.29 is 28.5 Å². The molecule has 0 heterocycles. The van der Waals surface area contributed by atoms with E-state index >= 15 is 0 Å². The molecule has 0 aliphatic heterocycles. The fourth-order valence-corrected chi connectivity index (χ4v) is 2.18. The SMILES string of the molecule is CCCCCCCOCCOCCOCCOCCCC(=O)OCCC. The number of hydrogen-bond acceptors (Lipinski definition) is 6. The minimum Gasteiger partial charge on any atom is -0.466 e. The van der Waals surface area contributed by atoms with Gasteiger partial charge in [-0.3, -0.25) is 4.79 Å². The van der Waals surface area contributed by atoms with E-state index in [9.17, 15) is 4.79 Å². The third-order valence-electron chi connectivity index (χ3n) is 3.65. The average Bonchev–Trinajstić information content (AvgIpc) is 2.65. The highest BCUT2D eigenvalue weighted by Gasteiger charge is 2.01. The number of esters is 1. The Morgan fingerprint density at radius 3 is 1.58 bits per heavy atom. The number of carbonyl (C=O) groups is 1. The lowest BCUT2D eigenvalue weighted by Crippen LogP contribution is -2.12. The molecule has 156 valence electrons. The van der Waals surface area contributed by atoms with Crippen LogP contribution in [0.5, 0.6) is 0 Å². The van der Waals surface area contributed by atoms with Gasteiger partial charge < -0.3 is 23.7 Å². The lowest BCUT2D eigenvalue weighted by atomic mass is 10.2. The Hall–Kier alpha value is -0.690. The summed E-state index contributed by atoms with van der Waals surface area (Å²) in [5, 5.41) is 0. The van der Waals surface area contributed by atoms with Gasteiger partial charge in [0, 0.05) is 19.6 Å². The molecule has 0 amide bonds. The Balaban J connectivity index is 3.04. The molecule has 0 fully saturated rings. The summed E-state index contributed by atoms with van der Waals surface area (Å²) in [6, 6.07) is 0. The highest BCUT2D eigenvalue weighted by molar-refractivity contribution is 5.69. The molecule has 0 spiro atoms. The Morgan fingerprint density at radius 2 is 1.04 bits per heavy atom. The van der Waals surface area contributed by atoms with Gasteiger partial charge in [-0.15, -0.1) is 0 Å². The molecule has 0 aromatic heterocycles. The second kappa shape index (κ2) is 22.4. The van der Waals surface area contributed by atoms with Gasteiger partial charge >= 0.3 is 5.97 Å². The van der Waals surface area contributed by atoms with Crippen LogP contribution in [0.25, 0.3) is 0 Å². The summed E-state index contributed by atoms with van der Waals surface area (Å²) in [5.74, 6) is -0.149. The van der Waals surface area contributed by atoms with E-state index in [0.717, 1.165) is 19.4 Å². The molecule has 0 aliphatic rings. The highest BCUT2D eigenvalue weighted by Crippen LogP contribution is 2.02. The van der Waals surface area contributed by atoms with E-state index in [1.54, 1.807) is 0 Å². The van der Waals surface area contributed by atoms with Gasteiger partial charge in [-0.05, 0) is 19.3 Å². The highest BCUT2D eigenvalue weighted by atomic mass is 16.6. The van der Waals surface area contributed by atoms with Crippen molar-refractivity contribution in [1.82, 2.24) is 0 Å². The monoisotopic (exact) mass is 376 g/mol. The number of ether oxygens (including phenoxy) is 5. The van der Waals surface area contributed by atoms with Crippen molar-refractivity contribution in [3.63, 3.8) is 0 Å². The van der Waals surface area contributed by atoms with E-state index in [2.05, 4.69) is 6.92 Å². The quantitative estimate of drug-likeness (QED) is 0.224. The zero-order valence-electron chi connectivity index (χ0n) is 17.0. The standard InChI is InChI=1S/C20H40O6/c1-3-5-6-7-8-12-22-14-16-24-18-19-25-17-15-23-13-9-10-20(21)26-11-4-2/h3-19H2,1-2H3. The van der Waals surface area contributed by atoms with Crippen molar-refractivity contribution in [3.8, 4) is 0 Å². The molecule has 6 heteroatoms. The van der Waals surface area contributed by atoms with E-state index in [1.165, 1.54) is 25.7 Å². The van der Waals surface area contributed by atoms with Gasteiger partial charge in [-0.25, -0.2) is 0 Å². The summed E-state index contributed by atoms with van der Waals surface area (Å²) in [5.41, 5.74) is 0. The van der Waals surface area contributed by atoms with Crippen molar-refractivity contribution in [3.05, 3.63) is 0 Å². The lowest BCUT2D eigenvalue weighted by Gasteiger charge is -2.07. The van der Waals surface area contributed by atoms with Gasteiger partial charge in [0.05, 0.1) is 46.2 Å². The largest absolute Gasteiger partial charge is 0.466 e. The van der Waals surface area contributed by atoms with Crippen LogP contribution >= 0.6 is 0 Å². The Labute approximate surface area is 159 Å². The number of rotatable bonds is 21. The molecule has 0 rings (SSSR count). The first-order valence-electron chi connectivity index (χ1n) is 10.3. The third kappa shape index (κ3) is 21.4. The second-order valence-corrected chi connectivity index (χ2v) is 6.19. The van der Waals surface area contributed by atoms with Gasteiger partial charge in [0.1, 0.15) is 0 Å². The molecule has 0 bridgehead atoms. The Bertz CT molecular complexity index is 285. The minimum absolute atomic E-state index is 0.149. The summed E-state index contributed by atoms with van der Waals surface area (Å²) >= 11 is 0. The minimum atomic E-state index is -0.149. The third-order valence-corrected chi connectivity index (χ3v) is 3.65. The number of hydrogen-bond donors (Lipinski definition) is 0. The van der Waals surface area contributed by atoms with Gasteiger partial charge in [0.15, 0.2) is 0 Å². The summed E-state index contributed by atoms with van der Waals surface area (Å²) in [6.07, 6.45) is 8.26. The van der Waals surface area contributed by atoms with Crippen molar-refractivity contribution in [2.75, 3.05) is 59.5 Å². The summed E-state index contributed by atoms with van der Waals surface area (Å²) in [4.78, 5) is 11.2. The molecule has 26 heavy (non-hydrogen) atoms. The van der Waals surface area contributed by atoms with E-state index in [1.807, 2.05) is 6.92 Å². The van der Waals surface area contributed by atoms with Crippen LogP contribution in [-0.2, 0) is 28.5 Å². The predicted molar refractivity (Wildman–Crippen MR) is 103 cm³/mol. The molecule has 0 aromatic rings. The van der Waals surface area contributed by atoms with E-state index in [-0.39, 0.29) is 5.97 Å². The van der Waals surface area contributed by atoms with Crippen LogP contribution in [0.1, 0.15) is 65.2 Å². The fraction of sp³-hybridized carbons (Fsp3) is 0.950. The van der Waals surface area contributed by atoms with Gasteiger partial charge in [-0.1, -0.05) is 39.5 Å². The predicted octanol–water partition coefficient (Wildman–Crippen LogP) is 3.76. The van der Waals surface area contributed by atoms with Crippen LogP contribution in [0, 0.1) is 0 Å². The molecular formula is C20H40O6. The molecule has 0 aliphatic carbocycles. The van der Waals surface area contributed by atoms with Crippen LogP contribution in [0.3, 0.4) is 0 Å². The maximum absolute atomic E-state index is 11.2. The number of unbranched alkanes of at least 4 members (excludes halogenated alkanes) is 4. The van der Waals surface area contributed by atoms with E-state index in [4.69, 9.17) is 23.7 Å². The molecule has 0 radical (unpaired) electrons. The first-order chi connectivity index (χ1) is 12.8. The fourth-order valence-electron chi connectivity index (χ4n) is 2.18. The molecule has 0 saturated carbocycles. The topological polar surface area (TPSA) is 63.2 Å². The Kier molecular flexibility index (Phi) is 21.8. The van der Waals surface area contributed by atoms with Gasteiger partial charge in [0.2, 0.25) is 0 Å². The van der Waals surface area contributed by atoms with Crippen LogP contribution < -0.4 is 0 Å². The van der Waals surface area contributed by atoms with Crippen molar-refractivity contribution in [2.45, 2.75) is 65.2 Å². The van der Waals surface area contributed by atoms with Crippen LogP contribution in [0.4, 0.5) is 0 Å².